The van der Waals surface area contributed by atoms with Crippen molar-refractivity contribution in [3.63, 3.8) is 0 Å². The smallest absolute Gasteiger partial charge is 0.338 e. The maximum absolute atomic E-state index is 12.3. The third-order valence-electron chi connectivity index (χ3n) is 5.98. The van der Waals surface area contributed by atoms with E-state index in [0.717, 1.165) is 12.8 Å². The molecule has 0 amide bonds. The summed E-state index contributed by atoms with van der Waals surface area (Å²) < 4.78 is 5.80. The van der Waals surface area contributed by atoms with Crippen molar-refractivity contribution in [2.75, 3.05) is 5.73 Å². The van der Waals surface area contributed by atoms with Gasteiger partial charge in [-0.05, 0) is 42.7 Å². The molecule has 0 saturated heterocycles. The highest BCUT2D eigenvalue weighted by Gasteiger charge is 2.62. The van der Waals surface area contributed by atoms with Gasteiger partial charge in [-0.15, -0.1) is 0 Å². The lowest BCUT2D eigenvalue weighted by atomic mass is 9.70. The van der Waals surface area contributed by atoms with E-state index in [1.165, 1.54) is 6.42 Å². The number of hydrogen-bond acceptors (Lipinski definition) is 4. The van der Waals surface area contributed by atoms with Crippen LogP contribution in [0.15, 0.2) is 18.3 Å². The number of nitrogen functional groups attached to an aromatic ring is 1. The standard InChI is InChI=1S/C16H22N2O2/c1-15(2)11-4-6-16(15,3)12(9-11)20-14(19)10-5-7-18-13(17)8-10/h5,7-8,11-12H,4,6,9H2,1-3H3,(H2,17,18). The number of carbonyl (C=O) groups is 1. The van der Waals surface area contributed by atoms with Crippen molar-refractivity contribution in [3.05, 3.63) is 23.9 Å². The lowest BCUT2D eigenvalue weighted by molar-refractivity contribution is -0.0242. The van der Waals surface area contributed by atoms with Crippen molar-refractivity contribution in [3.8, 4) is 0 Å². The first-order valence-electron chi connectivity index (χ1n) is 7.27. The first kappa shape index (κ1) is 13.4. The molecule has 20 heavy (non-hydrogen) atoms. The normalized spacial score (nSPS) is 34.1. The predicted octanol–water partition coefficient (Wildman–Crippen LogP) is 3.04. The minimum Gasteiger partial charge on any atom is -0.458 e. The van der Waals surface area contributed by atoms with Crippen LogP contribution in [0.2, 0.25) is 0 Å². The average molecular weight is 274 g/mol. The molecule has 1 aromatic rings. The van der Waals surface area contributed by atoms with E-state index in [1.54, 1.807) is 18.3 Å². The lowest BCUT2D eigenvalue weighted by Crippen LogP contribution is -2.38. The van der Waals surface area contributed by atoms with Crippen LogP contribution in [-0.4, -0.2) is 17.1 Å². The Hall–Kier alpha value is -1.58. The van der Waals surface area contributed by atoms with Crippen molar-refractivity contribution in [1.82, 2.24) is 4.98 Å². The zero-order valence-electron chi connectivity index (χ0n) is 12.3. The molecule has 2 N–H and O–H groups in total. The number of anilines is 1. The van der Waals surface area contributed by atoms with Crippen LogP contribution in [0.5, 0.6) is 0 Å². The number of pyridine rings is 1. The summed E-state index contributed by atoms with van der Waals surface area (Å²) in [5, 5.41) is 0. The van der Waals surface area contributed by atoms with Crippen molar-refractivity contribution >= 4 is 11.8 Å². The monoisotopic (exact) mass is 274 g/mol. The summed E-state index contributed by atoms with van der Waals surface area (Å²) in [5.74, 6) is 0.723. The molecule has 2 fully saturated rings. The summed E-state index contributed by atoms with van der Waals surface area (Å²) in [7, 11) is 0. The van der Waals surface area contributed by atoms with Gasteiger partial charge in [-0.2, -0.15) is 0 Å². The van der Waals surface area contributed by atoms with Crippen molar-refractivity contribution in [1.29, 1.82) is 0 Å². The van der Waals surface area contributed by atoms with Crippen molar-refractivity contribution < 1.29 is 9.53 Å². The lowest BCUT2D eigenvalue weighted by Gasteiger charge is -2.38. The summed E-state index contributed by atoms with van der Waals surface area (Å²) in [4.78, 5) is 16.2. The fourth-order valence-electron chi connectivity index (χ4n) is 4.08. The Morgan fingerprint density at radius 2 is 2.20 bits per heavy atom. The zero-order chi connectivity index (χ0) is 14.5. The third-order valence-corrected chi connectivity index (χ3v) is 5.98. The van der Waals surface area contributed by atoms with Gasteiger partial charge in [0.1, 0.15) is 11.9 Å². The number of nitrogens with two attached hydrogens (primary N) is 1. The molecule has 3 rings (SSSR count). The highest BCUT2D eigenvalue weighted by Crippen LogP contribution is 2.66. The number of hydrogen-bond donors (Lipinski definition) is 1. The predicted molar refractivity (Wildman–Crippen MR) is 77.1 cm³/mol. The van der Waals surface area contributed by atoms with Crippen LogP contribution < -0.4 is 5.73 Å². The number of nitrogens with zero attached hydrogens (tertiary/aromatic N) is 1. The number of rotatable bonds is 2. The molecule has 3 atom stereocenters. The summed E-state index contributed by atoms with van der Waals surface area (Å²) in [5.41, 5.74) is 6.44. The van der Waals surface area contributed by atoms with Gasteiger partial charge >= 0.3 is 5.97 Å². The van der Waals surface area contributed by atoms with Crippen LogP contribution in [0.1, 0.15) is 50.4 Å². The Morgan fingerprint density at radius 3 is 2.75 bits per heavy atom. The van der Waals surface area contributed by atoms with Crippen LogP contribution in [0, 0.1) is 16.7 Å². The number of fused-ring (bicyclic) bond motifs is 2. The molecule has 0 spiro atoms. The summed E-state index contributed by atoms with van der Waals surface area (Å²) in [6.07, 6.45) is 4.92. The molecule has 2 saturated carbocycles. The Labute approximate surface area is 119 Å². The van der Waals surface area contributed by atoms with E-state index in [1.807, 2.05) is 0 Å². The molecule has 0 aromatic carbocycles. The molecule has 4 heteroatoms. The Balaban J connectivity index is 1.78. The van der Waals surface area contributed by atoms with Gasteiger partial charge in [0.15, 0.2) is 0 Å². The molecule has 108 valence electrons. The second kappa shape index (κ2) is 4.21. The molecule has 0 radical (unpaired) electrons. The first-order chi connectivity index (χ1) is 9.34. The van der Waals surface area contributed by atoms with Crippen LogP contribution in [0.4, 0.5) is 5.82 Å². The Morgan fingerprint density at radius 1 is 1.45 bits per heavy atom. The number of carbonyl (C=O) groups excluding carboxylic acids is 1. The van der Waals surface area contributed by atoms with E-state index < -0.39 is 0 Å². The van der Waals surface area contributed by atoms with Gasteiger partial charge in [0.05, 0.1) is 5.56 Å². The van der Waals surface area contributed by atoms with E-state index in [4.69, 9.17) is 10.5 Å². The van der Waals surface area contributed by atoms with Gasteiger partial charge in [0.25, 0.3) is 0 Å². The van der Waals surface area contributed by atoms with Crippen LogP contribution in [0.25, 0.3) is 0 Å². The van der Waals surface area contributed by atoms with Gasteiger partial charge in [-0.1, -0.05) is 20.8 Å². The zero-order valence-corrected chi connectivity index (χ0v) is 12.3. The molecular weight excluding hydrogens is 252 g/mol. The number of ether oxygens (including phenoxy) is 1. The summed E-state index contributed by atoms with van der Waals surface area (Å²) in [6.45, 7) is 6.88. The molecule has 2 aliphatic rings. The number of aromatic nitrogens is 1. The van der Waals surface area contributed by atoms with Gasteiger partial charge in [-0.3, -0.25) is 0 Å². The fourth-order valence-corrected chi connectivity index (χ4v) is 4.08. The quantitative estimate of drug-likeness (QED) is 0.842. The average Bonchev–Trinajstić information content (AvgIpc) is 2.72. The minimum absolute atomic E-state index is 0.0122. The van der Waals surface area contributed by atoms with Crippen LogP contribution in [0.3, 0.4) is 0 Å². The van der Waals surface area contributed by atoms with Gasteiger partial charge in [0, 0.05) is 11.6 Å². The van der Waals surface area contributed by atoms with E-state index in [0.29, 0.717) is 17.3 Å². The minimum atomic E-state index is -0.284. The largest absolute Gasteiger partial charge is 0.458 e. The Bertz CT molecular complexity index is 555. The third kappa shape index (κ3) is 1.74. The SMILES string of the molecule is CC1(C)C2CCC1(C)C(OC(=O)c1ccnc(N)c1)C2. The molecule has 1 heterocycles. The topological polar surface area (TPSA) is 65.2 Å². The number of esters is 1. The molecule has 1 aromatic heterocycles. The highest BCUT2D eigenvalue weighted by molar-refractivity contribution is 5.90. The van der Waals surface area contributed by atoms with Gasteiger partial charge in [0.2, 0.25) is 0 Å². The van der Waals surface area contributed by atoms with E-state index in [9.17, 15) is 4.79 Å². The summed E-state index contributed by atoms with van der Waals surface area (Å²) >= 11 is 0. The summed E-state index contributed by atoms with van der Waals surface area (Å²) in [6, 6.07) is 3.22. The molecule has 4 nitrogen and oxygen atoms in total. The maximum atomic E-state index is 12.3. The van der Waals surface area contributed by atoms with E-state index in [2.05, 4.69) is 25.8 Å². The second-order valence-electron chi connectivity index (χ2n) is 6.97. The molecule has 0 aliphatic heterocycles. The van der Waals surface area contributed by atoms with Crippen LogP contribution >= 0.6 is 0 Å². The maximum Gasteiger partial charge on any atom is 0.338 e. The highest BCUT2D eigenvalue weighted by atomic mass is 16.5. The van der Waals surface area contributed by atoms with E-state index in [-0.39, 0.29) is 22.9 Å². The van der Waals surface area contributed by atoms with Crippen molar-refractivity contribution in [2.45, 2.75) is 46.1 Å². The van der Waals surface area contributed by atoms with Crippen LogP contribution in [-0.2, 0) is 4.74 Å². The first-order valence-corrected chi connectivity index (χ1v) is 7.27. The molecule has 2 bridgehead atoms. The Kier molecular flexibility index (Phi) is 2.82. The molecular formula is C16H22N2O2. The van der Waals surface area contributed by atoms with Crippen molar-refractivity contribution in [2.24, 2.45) is 16.7 Å². The molecule has 2 aliphatic carbocycles. The molecule has 3 unspecified atom stereocenters. The van der Waals surface area contributed by atoms with Gasteiger partial charge in [-0.25, -0.2) is 9.78 Å². The second-order valence-corrected chi connectivity index (χ2v) is 6.97. The fraction of sp³-hybridized carbons (Fsp3) is 0.625. The van der Waals surface area contributed by atoms with E-state index >= 15 is 0 Å². The van der Waals surface area contributed by atoms with Gasteiger partial charge < -0.3 is 10.5 Å².